The lowest BCUT2D eigenvalue weighted by Gasteiger charge is -2.10. The first-order valence-electron chi connectivity index (χ1n) is 8.01. The third-order valence-corrected chi connectivity index (χ3v) is 5.27. The molecule has 0 aliphatic carbocycles. The van der Waals surface area contributed by atoms with E-state index >= 15 is 0 Å². The van der Waals surface area contributed by atoms with E-state index in [9.17, 15) is 0 Å². The number of thiophene rings is 1. The number of aryl methyl sites for hydroxylation is 1. The van der Waals surface area contributed by atoms with Crippen LogP contribution in [0.3, 0.4) is 0 Å². The minimum atomic E-state index is 0.620. The Bertz CT molecular complexity index is 1030. The zero-order valence-corrected chi connectivity index (χ0v) is 15.2. The zero-order chi connectivity index (χ0) is 17.2. The highest BCUT2D eigenvalue weighted by Crippen LogP contribution is 2.31. The first-order chi connectivity index (χ1) is 12.2. The summed E-state index contributed by atoms with van der Waals surface area (Å²) in [6, 6.07) is 20.0. The van der Waals surface area contributed by atoms with Crippen LogP contribution < -0.4 is 5.32 Å². The Hall–Kier alpha value is -2.43. The van der Waals surface area contributed by atoms with Crippen molar-refractivity contribution in [1.29, 1.82) is 0 Å². The first kappa shape index (κ1) is 16.1. The molecule has 0 saturated carbocycles. The number of nitrogens with zero attached hydrogens (tertiary/aromatic N) is 2. The van der Waals surface area contributed by atoms with Gasteiger partial charge in [0.1, 0.15) is 10.6 Å². The van der Waals surface area contributed by atoms with Crippen LogP contribution in [0.2, 0.25) is 5.02 Å². The summed E-state index contributed by atoms with van der Waals surface area (Å²) in [5, 5.41) is 5.24. The normalized spacial score (nSPS) is 11.0. The molecule has 0 aliphatic heterocycles. The molecule has 0 atom stereocenters. The summed E-state index contributed by atoms with van der Waals surface area (Å²) in [6.07, 6.45) is 0. The Balaban J connectivity index is 1.75. The maximum Gasteiger partial charge on any atom is 0.163 e. The van der Waals surface area contributed by atoms with E-state index in [4.69, 9.17) is 21.6 Å². The first-order valence-corrected chi connectivity index (χ1v) is 9.21. The fourth-order valence-electron chi connectivity index (χ4n) is 2.71. The van der Waals surface area contributed by atoms with Gasteiger partial charge in [0, 0.05) is 22.0 Å². The number of aromatic nitrogens is 2. The van der Waals surface area contributed by atoms with Crippen molar-refractivity contribution in [1.82, 2.24) is 9.97 Å². The number of halogens is 1. The van der Waals surface area contributed by atoms with Gasteiger partial charge in [0.15, 0.2) is 5.82 Å². The smallest absolute Gasteiger partial charge is 0.163 e. The van der Waals surface area contributed by atoms with Gasteiger partial charge in [-0.3, -0.25) is 0 Å². The van der Waals surface area contributed by atoms with Gasteiger partial charge in [0.05, 0.1) is 5.39 Å². The Kier molecular flexibility index (Phi) is 4.38. The summed E-state index contributed by atoms with van der Waals surface area (Å²) in [4.78, 5) is 11.7. The molecule has 0 unspecified atom stereocenters. The molecule has 2 heterocycles. The lowest BCUT2D eigenvalue weighted by molar-refractivity contribution is 1.11. The molecule has 0 saturated heterocycles. The molecule has 3 nitrogen and oxygen atoms in total. The summed E-state index contributed by atoms with van der Waals surface area (Å²) in [5.74, 6) is 1.57. The summed E-state index contributed by atoms with van der Waals surface area (Å²) < 4.78 is 0. The van der Waals surface area contributed by atoms with Crippen molar-refractivity contribution in [3.8, 4) is 11.4 Å². The van der Waals surface area contributed by atoms with Gasteiger partial charge in [0.25, 0.3) is 0 Å². The Labute approximate surface area is 155 Å². The van der Waals surface area contributed by atoms with E-state index in [2.05, 4.69) is 18.3 Å². The molecule has 0 spiro atoms. The van der Waals surface area contributed by atoms with Crippen LogP contribution in [0.4, 0.5) is 5.82 Å². The molecule has 25 heavy (non-hydrogen) atoms. The van der Waals surface area contributed by atoms with Gasteiger partial charge in [-0.05, 0) is 24.6 Å². The minimum absolute atomic E-state index is 0.620. The van der Waals surface area contributed by atoms with E-state index in [1.54, 1.807) is 11.3 Å². The van der Waals surface area contributed by atoms with Crippen molar-refractivity contribution in [3.63, 3.8) is 0 Å². The average molecular weight is 366 g/mol. The van der Waals surface area contributed by atoms with Gasteiger partial charge < -0.3 is 5.32 Å². The number of fused-ring (bicyclic) bond motifs is 1. The van der Waals surface area contributed by atoms with Gasteiger partial charge in [-0.15, -0.1) is 11.3 Å². The summed E-state index contributed by atoms with van der Waals surface area (Å²) in [6.45, 7) is 2.71. The predicted molar refractivity (Wildman–Crippen MR) is 106 cm³/mol. The lowest BCUT2D eigenvalue weighted by atomic mass is 10.2. The summed E-state index contributed by atoms with van der Waals surface area (Å²) in [5.41, 5.74) is 2.06. The molecule has 0 fully saturated rings. The lowest BCUT2D eigenvalue weighted by Crippen LogP contribution is -2.04. The second-order valence-corrected chi connectivity index (χ2v) is 7.42. The highest BCUT2D eigenvalue weighted by molar-refractivity contribution is 7.18. The summed E-state index contributed by atoms with van der Waals surface area (Å²) >= 11 is 7.95. The highest BCUT2D eigenvalue weighted by Gasteiger charge is 2.12. The number of anilines is 1. The Morgan fingerprint density at radius 3 is 2.56 bits per heavy atom. The highest BCUT2D eigenvalue weighted by atomic mass is 35.5. The van der Waals surface area contributed by atoms with E-state index in [0.717, 1.165) is 38.0 Å². The van der Waals surface area contributed by atoms with Gasteiger partial charge in [-0.2, -0.15) is 0 Å². The fraction of sp³-hybridized carbons (Fsp3) is 0.100. The second kappa shape index (κ2) is 6.82. The topological polar surface area (TPSA) is 37.8 Å². The van der Waals surface area contributed by atoms with Crippen LogP contribution in [-0.4, -0.2) is 9.97 Å². The third-order valence-electron chi connectivity index (χ3n) is 3.95. The van der Waals surface area contributed by atoms with Crippen molar-refractivity contribution in [3.05, 3.63) is 76.1 Å². The van der Waals surface area contributed by atoms with Gasteiger partial charge in [-0.1, -0.05) is 60.1 Å². The maximum atomic E-state index is 6.27. The zero-order valence-electron chi connectivity index (χ0n) is 13.7. The second-order valence-electron chi connectivity index (χ2n) is 5.78. The van der Waals surface area contributed by atoms with Crippen LogP contribution >= 0.6 is 22.9 Å². The molecular formula is C20H16ClN3S. The Morgan fingerprint density at radius 1 is 1.00 bits per heavy atom. The molecule has 5 heteroatoms. The SMILES string of the molecule is Cc1cc2c(NCc3ccccc3Cl)nc(-c3ccccc3)nc2s1. The number of benzene rings is 2. The molecule has 124 valence electrons. The number of nitrogens with one attached hydrogen (secondary N) is 1. The van der Waals surface area contributed by atoms with Crippen molar-refractivity contribution in [2.75, 3.05) is 5.32 Å². The van der Waals surface area contributed by atoms with E-state index in [1.165, 1.54) is 4.88 Å². The molecule has 2 aromatic heterocycles. The van der Waals surface area contributed by atoms with E-state index < -0.39 is 0 Å². The molecule has 0 aliphatic rings. The minimum Gasteiger partial charge on any atom is -0.365 e. The molecule has 0 amide bonds. The van der Waals surface area contributed by atoms with E-state index in [-0.39, 0.29) is 0 Å². The van der Waals surface area contributed by atoms with Crippen LogP contribution in [0.15, 0.2) is 60.7 Å². The van der Waals surface area contributed by atoms with Crippen molar-refractivity contribution in [2.45, 2.75) is 13.5 Å². The van der Waals surface area contributed by atoms with Crippen molar-refractivity contribution < 1.29 is 0 Å². The van der Waals surface area contributed by atoms with Crippen molar-refractivity contribution in [2.24, 2.45) is 0 Å². The number of hydrogen-bond donors (Lipinski definition) is 1. The largest absolute Gasteiger partial charge is 0.365 e. The van der Waals surface area contributed by atoms with Crippen LogP contribution in [0, 0.1) is 6.92 Å². The van der Waals surface area contributed by atoms with Crippen LogP contribution in [-0.2, 0) is 6.54 Å². The predicted octanol–water partition coefficient (Wildman–Crippen LogP) is 5.93. The Morgan fingerprint density at radius 2 is 1.76 bits per heavy atom. The van der Waals surface area contributed by atoms with E-state index in [0.29, 0.717) is 6.54 Å². The van der Waals surface area contributed by atoms with Crippen molar-refractivity contribution >= 4 is 39.0 Å². The molecular weight excluding hydrogens is 350 g/mol. The van der Waals surface area contributed by atoms with E-state index in [1.807, 2.05) is 54.6 Å². The van der Waals surface area contributed by atoms with Gasteiger partial charge >= 0.3 is 0 Å². The molecule has 4 rings (SSSR count). The summed E-state index contributed by atoms with van der Waals surface area (Å²) in [7, 11) is 0. The quantitative estimate of drug-likeness (QED) is 0.487. The average Bonchev–Trinajstić information content (AvgIpc) is 3.02. The maximum absolute atomic E-state index is 6.27. The standard InChI is InChI=1S/C20H16ClN3S/c1-13-11-16-19(22-12-15-9-5-6-10-17(15)21)23-18(24-20(16)25-13)14-7-3-2-4-8-14/h2-11H,12H2,1H3,(H,22,23,24). The monoisotopic (exact) mass is 365 g/mol. The van der Waals surface area contributed by atoms with Crippen LogP contribution in [0.5, 0.6) is 0 Å². The number of rotatable bonds is 4. The molecule has 0 bridgehead atoms. The van der Waals surface area contributed by atoms with Crippen LogP contribution in [0.1, 0.15) is 10.4 Å². The fourth-order valence-corrected chi connectivity index (χ4v) is 3.80. The van der Waals surface area contributed by atoms with Gasteiger partial charge in [-0.25, -0.2) is 9.97 Å². The third kappa shape index (κ3) is 3.36. The molecule has 1 N–H and O–H groups in total. The number of hydrogen-bond acceptors (Lipinski definition) is 4. The van der Waals surface area contributed by atoms with Gasteiger partial charge in [0.2, 0.25) is 0 Å². The molecule has 2 aromatic carbocycles. The molecule has 0 radical (unpaired) electrons. The molecule has 4 aromatic rings. The van der Waals surface area contributed by atoms with Crippen LogP contribution in [0.25, 0.3) is 21.6 Å².